The molecular formula is C11H19N3O2. The third-order valence-electron chi connectivity index (χ3n) is 3.03. The predicted octanol–water partition coefficient (Wildman–Crippen LogP) is 0.678. The van der Waals surface area contributed by atoms with Crippen LogP contribution < -0.4 is 0 Å². The second kappa shape index (κ2) is 5.41. The SMILES string of the molecule is Cn1ncnc1CC(O)CC1CCCCO1. The molecule has 5 nitrogen and oxygen atoms in total. The molecule has 90 valence electrons. The quantitative estimate of drug-likeness (QED) is 0.818. The van der Waals surface area contributed by atoms with Crippen LogP contribution in [0.15, 0.2) is 6.33 Å². The van der Waals surface area contributed by atoms with Crippen LogP contribution in [0.2, 0.25) is 0 Å². The number of aromatic nitrogens is 3. The van der Waals surface area contributed by atoms with Crippen LogP contribution in [-0.2, 0) is 18.2 Å². The van der Waals surface area contributed by atoms with E-state index in [9.17, 15) is 5.11 Å². The average molecular weight is 225 g/mol. The number of nitrogens with zero attached hydrogens (tertiary/aromatic N) is 3. The average Bonchev–Trinajstić information content (AvgIpc) is 2.66. The Hall–Kier alpha value is -0.940. The molecule has 0 saturated carbocycles. The van der Waals surface area contributed by atoms with Gasteiger partial charge in [-0.2, -0.15) is 5.10 Å². The van der Waals surface area contributed by atoms with E-state index in [1.54, 1.807) is 4.68 Å². The fraction of sp³-hybridized carbons (Fsp3) is 0.818. The van der Waals surface area contributed by atoms with E-state index in [0.717, 1.165) is 25.3 Å². The summed E-state index contributed by atoms with van der Waals surface area (Å²) in [7, 11) is 1.84. The van der Waals surface area contributed by atoms with Crippen molar-refractivity contribution < 1.29 is 9.84 Å². The van der Waals surface area contributed by atoms with Gasteiger partial charge in [0.1, 0.15) is 12.2 Å². The first-order chi connectivity index (χ1) is 7.75. The van der Waals surface area contributed by atoms with Crippen LogP contribution in [0.5, 0.6) is 0 Å². The van der Waals surface area contributed by atoms with Crippen LogP contribution in [0, 0.1) is 0 Å². The lowest BCUT2D eigenvalue weighted by Crippen LogP contribution is -2.26. The number of ether oxygens (including phenoxy) is 1. The summed E-state index contributed by atoms with van der Waals surface area (Å²) in [5, 5.41) is 13.9. The van der Waals surface area contributed by atoms with Gasteiger partial charge in [-0.05, 0) is 25.7 Å². The minimum absolute atomic E-state index is 0.219. The Kier molecular flexibility index (Phi) is 3.90. The Morgan fingerprint density at radius 1 is 1.62 bits per heavy atom. The summed E-state index contributed by atoms with van der Waals surface area (Å²) >= 11 is 0. The molecule has 2 rings (SSSR count). The zero-order chi connectivity index (χ0) is 11.4. The molecule has 1 aliphatic rings. The number of hydrogen-bond acceptors (Lipinski definition) is 4. The molecule has 2 heterocycles. The highest BCUT2D eigenvalue weighted by Crippen LogP contribution is 2.18. The van der Waals surface area contributed by atoms with Gasteiger partial charge >= 0.3 is 0 Å². The van der Waals surface area contributed by atoms with Crippen molar-refractivity contribution in [3.63, 3.8) is 0 Å². The Labute approximate surface area is 95.4 Å². The lowest BCUT2D eigenvalue weighted by Gasteiger charge is -2.24. The molecule has 1 fully saturated rings. The molecular weight excluding hydrogens is 206 g/mol. The van der Waals surface area contributed by atoms with Gasteiger partial charge in [0.15, 0.2) is 0 Å². The van der Waals surface area contributed by atoms with Crippen LogP contribution >= 0.6 is 0 Å². The van der Waals surface area contributed by atoms with Crippen molar-refractivity contribution in [3.8, 4) is 0 Å². The summed E-state index contributed by atoms with van der Waals surface area (Å²) in [5.74, 6) is 0.823. The molecule has 2 atom stereocenters. The molecule has 0 amide bonds. The Bertz CT molecular complexity index is 321. The first-order valence-corrected chi connectivity index (χ1v) is 5.88. The molecule has 1 N–H and O–H groups in total. The van der Waals surface area contributed by atoms with E-state index < -0.39 is 0 Å². The normalized spacial score (nSPS) is 23.2. The largest absolute Gasteiger partial charge is 0.393 e. The number of aliphatic hydroxyl groups is 1. The van der Waals surface area contributed by atoms with Gasteiger partial charge in [0, 0.05) is 20.1 Å². The van der Waals surface area contributed by atoms with Gasteiger partial charge in [0.2, 0.25) is 0 Å². The van der Waals surface area contributed by atoms with Gasteiger partial charge in [-0.1, -0.05) is 0 Å². The summed E-state index contributed by atoms with van der Waals surface area (Å²) in [4.78, 5) is 4.10. The van der Waals surface area contributed by atoms with Crippen molar-refractivity contribution in [2.24, 2.45) is 7.05 Å². The molecule has 0 spiro atoms. The summed E-state index contributed by atoms with van der Waals surface area (Å²) < 4.78 is 7.29. The third kappa shape index (κ3) is 3.02. The highest BCUT2D eigenvalue weighted by atomic mass is 16.5. The molecule has 0 aromatic carbocycles. The van der Waals surface area contributed by atoms with Crippen molar-refractivity contribution in [3.05, 3.63) is 12.2 Å². The molecule has 0 radical (unpaired) electrons. The van der Waals surface area contributed by atoms with Crippen LogP contribution in [0.1, 0.15) is 31.5 Å². The summed E-state index contributed by atoms with van der Waals surface area (Å²) in [6.45, 7) is 0.835. The van der Waals surface area contributed by atoms with Crippen molar-refractivity contribution in [2.75, 3.05) is 6.61 Å². The molecule has 1 aliphatic heterocycles. The van der Waals surface area contributed by atoms with Gasteiger partial charge in [0.05, 0.1) is 12.2 Å². The molecule has 0 bridgehead atoms. The first kappa shape index (κ1) is 11.5. The Balaban J connectivity index is 1.79. The van der Waals surface area contributed by atoms with E-state index in [4.69, 9.17) is 4.74 Å². The number of rotatable bonds is 4. The van der Waals surface area contributed by atoms with E-state index in [-0.39, 0.29) is 12.2 Å². The van der Waals surface area contributed by atoms with Gasteiger partial charge in [0.25, 0.3) is 0 Å². The molecule has 1 aromatic rings. The van der Waals surface area contributed by atoms with E-state index in [0.29, 0.717) is 12.8 Å². The summed E-state index contributed by atoms with van der Waals surface area (Å²) in [6, 6.07) is 0. The monoisotopic (exact) mass is 225 g/mol. The zero-order valence-electron chi connectivity index (χ0n) is 9.67. The number of aryl methyl sites for hydroxylation is 1. The van der Waals surface area contributed by atoms with Crippen molar-refractivity contribution in [1.82, 2.24) is 14.8 Å². The maximum Gasteiger partial charge on any atom is 0.138 e. The van der Waals surface area contributed by atoms with Crippen LogP contribution in [0.25, 0.3) is 0 Å². The van der Waals surface area contributed by atoms with E-state index in [1.807, 2.05) is 7.05 Å². The fourth-order valence-electron chi connectivity index (χ4n) is 2.10. The second-order valence-electron chi connectivity index (χ2n) is 4.38. The van der Waals surface area contributed by atoms with E-state index in [1.165, 1.54) is 12.7 Å². The summed E-state index contributed by atoms with van der Waals surface area (Å²) in [5.41, 5.74) is 0. The molecule has 5 heteroatoms. The van der Waals surface area contributed by atoms with Crippen molar-refractivity contribution in [2.45, 2.75) is 44.3 Å². The summed E-state index contributed by atoms with van der Waals surface area (Å²) in [6.07, 6.45) is 6.03. The van der Waals surface area contributed by atoms with Gasteiger partial charge < -0.3 is 9.84 Å². The molecule has 16 heavy (non-hydrogen) atoms. The Morgan fingerprint density at radius 3 is 3.12 bits per heavy atom. The minimum Gasteiger partial charge on any atom is -0.393 e. The maximum absolute atomic E-state index is 9.94. The first-order valence-electron chi connectivity index (χ1n) is 5.88. The lowest BCUT2D eigenvalue weighted by molar-refractivity contribution is -0.0152. The maximum atomic E-state index is 9.94. The number of aliphatic hydroxyl groups excluding tert-OH is 1. The molecule has 0 aliphatic carbocycles. The molecule has 1 saturated heterocycles. The van der Waals surface area contributed by atoms with Crippen molar-refractivity contribution in [1.29, 1.82) is 0 Å². The van der Waals surface area contributed by atoms with Gasteiger partial charge in [-0.25, -0.2) is 4.98 Å². The fourth-order valence-corrected chi connectivity index (χ4v) is 2.10. The van der Waals surface area contributed by atoms with Gasteiger partial charge in [-0.3, -0.25) is 4.68 Å². The predicted molar refractivity (Wildman–Crippen MR) is 58.9 cm³/mol. The van der Waals surface area contributed by atoms with E-state index in [2.05, 4.69) is 10.1 Å². The smallest absolute Gasteiger partial charge is 0.138 e. The number of hydrogen-bond donors (Lipinski definition) is 1. The van der Waals surface area contributed by atoms with Gasteiger partial charge in [-0.15, -0.1) is 0 Å². The van der Waals surface area contributed by atoms with E-state index >= 15 is 0 Å². The lowest BCUT2D eigenvalue weighted by atomic mass is 10.0. The van der Waals surface area contributed by atoms with Crippen LogP contribution in [0.3, 0.4) is 0 Å². The van der Waals surface area contributed by atoms with Crippen LogP contribution in [-0.4, -0.2) is 38.7 Å². The molecule has 1 aromatic heterocycles. The highest BCUT2D eigenvalue weighted by Gasteiger charge is 2.19. The Morgan fingerprint density at radius 2 is 2.50 bits per heavy atom. The van der Waals surface area contributed by atoms with Crippen molar-refractivity contribution >= 4 is 0 Å². The topological polar surface area (TPSA) is 60.2 Å². The minimum atomic E-state index is -0.383. The highest BCUT2D eigenvalue weighted by molar-refractivity contribution is 4.87. The standard InChI is InChI=1S/C11H19N3O2/c1-14-11(12-8-13-14)7-9(15)6-10-4-2-3-5-16-10/h8-10,15H,2-7H2,1H3. The third-order valence-corrected chi connectivity index (χ3v) is 3.03. The zero-order valence-corrected chi connectivity index (χ0v) is 9.67. The molecule has 2 unspecified atom stereocenters. The second-order valence-corrected chi connectivity index (χ2v) is 4.38. The van der Waals surface area contributed by atoms with Crippen LogP contribution in [0.4, 0.5) is 0 Å².